The second-order valence-corrected chi connectivity index (χ2v) is 11.4. The third-order valence-corrected chi connectivity index (χ3v) is 8.23. The molecule has 10 heteroatoms. The number of aromatic amines is 1. The van der Waals surface area contributed by atoms with E-state index in [2.05, 4.69) is 43.8 Å². The topological polar surface area (TPSA) is 106 Å². The van der Waals surface area contributed by atoms with Crippen molar-refractivity contribution < 1.29 is 19.1 Å². The van der Waals surface area contributed by atoms with E-state index in [1.54, 1.807) is 25.8 Å². The molecule has 5 rings (SSSR count). The van der Waals surface area contributed by atoms with E-state index in [0.717, 1.165) is 49.2 Å². The molecule has 10 nitrogen and oxygen atoms in total. The SMILES string of the molecule is COc1ccc2cc1OCCCN(C(=O)CCCCc1ccccc1)CCCCN(C(=O)Cc1cnc[nH]1)CCn1ccnc1-2. The molecule has 0 spiro atoms. The van der Waals surface area contributed by atoms with Gasteiger partial charge in [0.1, 0.15) is 5.82 Å². The first-order valence-electron chi connectivity index (χ1n) is 16.0. The van der Waals surface area contributed by atoms with Crippen molar-refractivity contribution in [2.45, 2.75) is 57.9 Å². The van der Waals surface area contributed by atoms with Crippen LogP contribution in [0.4, 0.5) is 0 Å². The van der Waals surface area contributed by atoms with Gasteiger partial charge in [-0.1, -0.05) is 30.3 Å². The lowest BCUT2D eigenvalue weighted by Gasteiger charge is -2.25. The van der Waals surface area contributed by atoms with Crippen molar-refractivity contribution in [2.75, 3.05) is 39.9 Å². The third-order valence-electron chi connectivity index (χ3n) is 8.23. The Labute approximate surface area is 265 Å². The molecule has 1 aliphatic rings. The molecule has 0 fully saturated rings. The average molecular weight is 613 g/mol. The predicted molar refractivity (Wildman–Crippen MR) is 173 cm³/mol. The van der Waals surface area contributed by atoms with E-state index in [9.17, 15) is 9.59 Å². The van der Waals surface area contributed by atoms with Crippen LogP contribution in [0.5, 0.6) is 11.5 Å². The highest BCUT2D eigenvalue weighted by atomic mass is 16.5. The number of rotatable bonds is 8. The molecule has 0 atom stereocenters. The highest BCUT2D eigenvalue weighted by Crippen LogP contribution is 2.32. The number of H-pyrrole nitrogens is 1. The van der Waals surface area contributed by atoms with Crippen LogP contribution in [0, 0.1) is 0 Å². The molecule has 2 bridgehead atoms. The number of unbranched alkanes of at least 4 members (excludes halogenated alkanes) is 1. The number of hydrogen-bond donors (Lipinski definition) is 1. The largest absolute Gasteiger partial charge is 0.493 e. The molecule has 0 saturated carbocycles. The van der Waals surface area contributed by atoms with Crippen LogP contribution < -0.4 is 9.47 Å². The Bertz CT molecular complexity index is 1490. The van der Waals surface area contributed by atoms with Gasteiger partial charge in [0, 0.05) is 69.0 Å². The van der Waals surface area contributed by atoms with E-state index in [4.69, 9.17) is 9.47 Å². The minimum Gasteiger partial charge on any atom is -0.493 e. The Kier molecular flexibility index (Phi) is 11.6. The van der Waals surface area contributed by atoms with Crippen LogP contribution in [0.15, 0.2) is 73.4 Å². The van der Waals surface area contributed by atoms with Crippen LogP contribution in [0.2, 0.25) is 0 Å². The number of nitrogens with one attached hydrogen (secondary N) is 1. The Morgan fingerprint density at radius 2 is 1.73 bits per heavy atom. The van der Waals surface area contributed by atoms with Crippen molar-refractivity contribution in [3.8, 4) is 22.9 Å². The fourth-order valence-corrected chi connectivity index (χ4v) is 5.74. The average Bonchev–Trinajstić information content (AvgIpc) is 3.76. The Morgan fingerprint density at radius 3 is 2.51 bits per heavy atom. The normalized spacial score (nSPS) is 14.7. The van der Waals surface area contributed by atoms with Crippen molar-refractivity contribution in [2.24, 2.45) is 0 Å². The van der Waals surface area contributed by atoms with Crippen LogP contribution in [0.25, 0.3) is 11.4 Å². The summed E-state index contributed by atoms with van der Waals surface area (Å²) in [4.78, 5) is 42.4. The number of carbonyl (C=O) groups excluding carboxylic acids is 2. The molecule has 3 heterocycles. The zero-order valence-electron chi connectivity index (χ0n) is 26.2. The van der Waals surface area contributed by atoms with Gasteiger partial charge in [-0.2, -0.15) is 0 Å². The van der Waals surface area contributed by atoms with Crippen LogP contribution in [0.1, 0.15) is 49.8 Å². The molecule has 0 saturated heterocycles. The third kappa shape index (κ3) is 9.20. The molecule has 2 aromatic heterocycles. The van der Waals surface area contributed by atoms with Crippen LogP contribution in [-0.2, 0) is 29.0 Å². The van der Waals surface area contributed by atoms with Gasteiger partial charge in [0.05, 0.1) is 26.5 Å². The summed E-state index contributed by atoms with van der Waals surface area (Å²) in [5.41, 5.74) is 3.00. The zero-order valence-corrected chi connectivity index (χ0v) is 26.2. The summed E-state index contributed by atoms with van der Waals surface area (Å²) < 4.78 is 13.8. The molecule has 0 unspecified atom stereocenters. The number of aryl methyl sites for hydroxylation is 1. The van der Waals surface area contributed by atoms with Gasteiger partial charge in [-0.05, 0) is 62.3 Å². The first-order valence-corrected chi connectivity index (χ1v) is 16.0. The first kappa shape index (κ1) is 31.8. The molecule has 4 aromatic rings. The molecular formula is C35H44N6O4. The summed E-state index contributed by atoms with van der Waals surface area (Å²) in [7, 11) is 1.63. The lowest BCUT2D eigenvalue weighted by molar-refractivity contribution is -0.132. The van der Waals surface area contributed by atoms with E-state index in [1.807, 2.05) is 40.3 Å². The van der Waals surface area contributed by atoms with E-state index in [-0.39, 0.29) is 18.2 Å². The molecule has 1 N–H and O–H groups in total. The number of aromatic nitrogens is 4. The standard InChI is InChI=1S/C35H44N6O4/c1-44-31-15-14-29-24-32(31)45-23-9-19-39(33(42)13-6-5-12-28-10-3-2-4-11-28)17-7-8-18-40(21-22-41-20-16-37-35(29)41)34(43)25-30-26-36-27-38-30/h2-4,10-11,14-16,20,24,26-27H,5-9,12-13,17-19,21-23,25H2,1H3,(H,36,38). The minimum atomic E-state index is 0.0466. The second kappa shape index (κ2) is 16.5. The molecular weight excluding hydrogens is 568 g/mol. The van der Waals surface area contributed by atoms with Gasteiger partial charge in [0.15, 0.2) is 11.5 Å². The van der Waals surface area contributed by atoms with E-state index < -0.39 is 0 Å². The highest BCUT2D eigenvalue weighted by Gasteiger charge is 2.19. The van der Waals surface area contributed by atoms with Gasteiger partial charge >= 0.3 is 0 Å². The van der Waals surface area contributed by atoms with Crippen molar-refractivity contribution >= 4 is 11.8 Å². The van der Waals surface area contributed by atoms with Crippen molar-refractivity contribution in [3.63, 3.8) is 0 Å². The molecule has 238 valence electrons. The van der Waals surface area contributed by atoms with Gasteiger partial charge in [-0.25, -0.2) is 9.97 Å². The van der Waals surface area contributed by atoms with E-state index in [1.165, 1.54) is 5.56 Å². The Hall–Kier alpha value is -4.60. The summed E-state index contributed by atoms with van der Waals surface area (Å²) in [5, 5.41) is 0. The summed E-state index contributed by atoms with van der Waals surface area (Å²) >= 11 is 0. The molecule has 2 amide bonds. The number of methoxy groups -OCH3 is 1. The number of ether oxygens (including phenoxy) is 2. The van der Waals surface area contributed by atoms with Gasteiger partial charge in [0.2, 0.25) is 11.8 Å². The Morgan fingerprint density at radius 1 is 0.933 bits per heavy atom. The van der Waals surface area contributed by atoms with Crippen molar-refractivity contribution in [3.05, 3.63) is 84.7 Å². The number of amides is 2. The number of fused-ring (bicyclic) bond motifs is 4. The number of nitrogens with zero attached hydrogens (tertiary/aromatic N) is 5. The lowest BCUT2D eigenvalue weighted by atomic mass is 10.1. The highest BCUT2D eigenvalue weighted by molar-refractivity contribution is 5.78. The molecule has 2 aromatic carbocycles. The maximum Gasteiger partial charge on any atom is 0.228 e. The maximum atomic E-state index is 13.4. The maximum absolute atomic E-state index is 13.4. The van der Waals surface area contributed by atoms with Gasteiger partial charge in [0.25, 0.3) is 0 Å². The summed E-state index contributed by atoms with van der Waals surface area (Å²) in [6.07, 6.45) is 12.9. The number of imidazole rings is 2. The summed E-state index contributed by atoms with van der Waals surface area (Å²) in [6.45, 7) is 3.49. The minimum absolute atomic E-state index is 0.0466. The van der Waals surface area contributed by atoms with E-state index in [0.29, 0.717) is 63.7 Å². The molecule has 1 aliphatic heterocycles. The number of carbonyl (C=O) groups is 2. The summed E-state index contributed by atoms with van der Waals surface area (Å²) in [6, 6.07) is 16.2. The second-order valence-electron chi connectivity index (χ2n) is 11.4. The van der Waals surface area contributed by atoms with Crippen LogP contribution >= 0.6 is 0 Å². The monoisotopic (exact) mass is 612 g/mol. The quantitative estimate of drug-likeness (QED) is 0.276. The lowest BCUT2D eigenvalue weighted by Crippen LogP contribution is -2.37. The first-order chi connectivity index (χ1) is 22.1. The van der Waals surface area contributed by atoms with E-state index >= 15 is 0 Å². The van der Waals surface area contributed by atoms with Crippen LogP contribution in [-0.4, -0.2) is 81.0 Å². The fourth-order valence-electron chi connectivity index (χ4n) is 5.74. The molecule has 45 heavy (non-hydrogen) atoms. The number of hydrogen-bond acceptors (Lipinski definition) is 6. The predicted octanol–water partition coefficient (Wildman–Crippen LogP) is 5.16. The van der Waals surface area contributed by atoms with Crippen molar-refractivity contribution in [1.29, 1.82) is 0 Å². The van der Waals surface area contributed by atoms with Gasteiger partial charge in [-0.15, -0.1) is 0 Å². The smallest absolute Gasteiger partial charge is 0.228 e. The Balaban J connectivity index is 1.28. The van der Waals surface area contributed by atoms with Gasteiger partial charge < -0.3 is 28.8 Å². The zero-order chi connectivity index (χ0) is 31.3. The molecule has 0 radical (unpaired) electrons. The summed E-state index contributed by atoms with van der Waals surface area (Å²) in [5.74, 6) is 2.32. The van der Waals surface area contributed by atoms with Crippen molar-refractivity contribution in [1.82, 2.24) is 29.3 Å². The molecule has 0 aliphatic carbocycles. The van der Waals surface area contributed by atoms with Crippen LogP contribution in [0.3, 0.4) is 0 Å². The van der Waals surface area contributed by atoms with Gasteiger partial charge in [-0.3, -0.25) is 9.59 Å². The number of benzene rings is 2. The fraction of sp³-hybridized carbons (Fsp3) is 0.429.